The maximum absolute atomic E-state index is 8.79. The van der Waals surface area contributed by atoms with Gasteiger partial charge in [0.2, 0.25) is 0 Å². The highest BCUT2D eigenvalue weighted by Crippen LogP contribution is 2.37. The summed E-state index contributed by atoms with van der Waals surface area (Å²) in [5.41, 5.74) is 0.268. The normalized spacial score (nSPS) is 19.3. The van der Waals surface area contributed by atoms with Gasteiger partial charge < -0.3 is 0 Å². The lowest BCUT2D eigenvalue weighted by Crippen LogP contribution is -2.39. The van der Waals surface area contributed by atoms with Crippen molar-refractivity contribution in [1.29, 1.82) is 10.5 Å². The van der Waals surface area contributed by atoms with Crippen molar-refractivity contribution in [2.24, 2.45) is 5.41 Å². The Morgan fingerprint density at radius 1 is 1.00 bits per heavy atom. The summed E-state index contributed by atoms with van der Waals surface area (Å²) in [6.45, 7) is 1.60. The molecule has 1 aliphatic rings. The van der Waals surface area contributed by atoms with E-state index in [9.17, 15) is 0 Å². The van der Waals surface area contributed by atoms with Gasteiger partial charge in [-0.3, -0.25) is 4.90 Å². The third-order valence-corrected chi connectivity index (χ3v) is 4.78. The highest BCUT2D eigenvalue weighted by molar-refractivity contribution is 9.09. The van der Waals surface area contributed by atoms with Gasteiger partial charge in [0, 0.05) is 11.9 Å². The Balaban J connectivity index is 2.64. The third-order valence-electron chi connectivity index (χ3n) is 3.60. The summed E-state index contributed by atoms with van der Waals surface area (Å²) in [4.78, 5) is 1.98. The lowest BCUT2D eigenvalue weighted by molar-refractivity contribution is 0.177. The molecule has 0 amide bonds. The maximum Gasteiger partial charge on any atom is 0.0874 e. The van der Waals surface area contributed by atoms with Crippen molar-refractivity contribution in [2.75, 3.05) is 25.0 Å². The highest BCUT2D eigenvalue weighted by atomic mass is 79.9. The van der Waals surface area contributed by atoms with Crippen LogP contribution in [0.1, 0.15) is 38.5 Å². The van der Waals surface area contributed by atoms with Gasteiger partial charge >= 0.3 is 0 Å². The van der Waals surface area contributed by atoms with Crippen molar-refractivity contribution in [2.45, 2.75) is 38.5 Å². The Hall–Kier alpha value is -0.580. The van der Waals surface area contributed by atoms with Gasteiger partial charge in [0.05, 0.1) is 25.2 Å². The molecule has 0 saturated heterocycles. The topological polar surface area (TPSA) is 50.8 Å². The van der Waals surface area contributed by atoms with E-state index in [1.165, 1.54) is 38.5 Å². The Bertz CT molecular complexity index is 279. The van der Waals surface area contributed by atoms with Gasteiger partial charge in [-0.2, -0.15) is 10.5 Å². The van der Waals surface area contributed by atoms with Crippen LogP contribution in [0, 0.1) is 28.1 Å². The summed E-state index contributed by atoms with van der Waals surface area (Å²) in [7, 11) is 0. The predicted molar refractivity (Wildman–Crippen MR) is 71.6 cm³/mol. The fourth-order valence-electron chi connectivity index (χ4n) is 2.65. The molecule has 3 nitrogen and oxygen atoms in total. The first-order chi connectivity index (χ1) is 8.26. The molecule has 0 aliphatic heterocycles. The summed E-state index contributed by atoms with van der Waals surface area (Å²) in [5, 5.41) is 18.6. The van der Waals surface area contributed by atoms with Crippen molar-refractivity contribution in [3.63, 3.8) is 0 Å². The molecule has 1 fully saturated rings. The summed E-state index contributed by atoms with van der Waals surface area (Å²) < 4.78 is 0. The van der Waals surface area contributed by atoms with Crippen LogP contribution in [0.4, 0.5) is 0 Å². The Kier molecular flexibility index (Phi) is 6.55. The van der Waals surface area contributed by atoms with Crippen molar-refractivity contribution >= 4 is 15.9 Å². The van der Waals surface area contributed by atoms with E-state index in [-0.39, 0.29) is 5.41 Å². The number of hydrogen-bond acceptors (Lipinski definition) is 3. The molecule has 0 aromatic rings. The van der Waals surface area contributed by atoms with Gasteiger partial charge in [-0.15, -0.1) is 0 Å². The quantitative estimate of drug-likeness (QED) is 0.445. The number of alkyl halides is 1. The van der Waals surface area contributed by atoms with E-state index in [1.807, 2.05) is 4.90 Å². The van der Waals surface area contributed by atoms with E-state index in [1.54, 1.807) is 0 Å². The second-order valence-electron chi connectivity index (χ2n) is 5.01. The predicted octanol–water partition coefficient (Wildman–Crippen LogP) is 3.07. The fraction of sp³-hybridized carbons (Fsp3) is 0.846. The summed E-state index contributed by atoms with van der Waals surface area (Å²) >= 11 is 3.64. The first-order valence-corrected chi connectivity index (χ1v) is 7.41. The zero-order valence-corrected chi connectivity index (χ0v) is 11.9. The molecule has 0 radical (unpaired) electrons. The van der Waals surface area contributed by atoms with Crippen LogP contribution in [0.25, 0.3) is 0 Å². The van der Waals surface area contributed by atoms with E-state index >= 15 is 0 Å². The SMILES string of the molecule is N#CCN(CC#N)CC1(CBr)CCCCCC1. The van der Waals surface area contributed by atoms with E-state index in [0.717, 1.165) is 11.9 Å². The molecule has 17 heavy (non-hydrogen) atoms. The van der Waals surface area contributed by atoms with Crippen LogP contribution >= 0.6 is 15.9 Å². The lowest BCUT2D eigenvalue weighted by Gasteiger charge is -2.35. The van der Waals surface area contributed by atoms with Gasteiger partial charge in [0.25, 0.3) is 0 Å². The van der Waals surface area contributed by atoms with E-state index in [0.29, 0.717) is 13.1 Å². The molecule has 1 aliphatic carbocycles. The van der Waals surface area contributed by atoms with E-state index in [4.69, 9.17) is 10.5 Å². The smallest absolute Gasteiger partial charge is 0.0874 e. The number of nitriles is 2. The van der Waals surface area contributed by atoms with Crippen LogP contribution < -0.4 is 0 Å². The molecule has 0 spiro atoms. The van der Waals surface area contributed by atoms with Crippen LogP contribution in [-0.4, -0.2) is 29.9 Å². The zero-order valence-electron chi connectivity index (χ0n) is 10.3. The summed E-state index contributed by atoms with van der Waals surface area (Å²) in [6.07, 6.45) is 7.63. The van der Waals surface area contributed by atoms with Crippen molar-refractivity contribution < 1.29 is 0 Å². The van der Waals surface area contributed by atoms with Gasteiger partial charge in [-0.05, 0) is 18.3 Å². The molecule has 0 atom stereocenters. The fourth-order valence-corrected chi connectivity index (χ4v) is 3.39. The first kappa shape index (κ1) is 14.5. The van der Waals surface area contributed by atoms with Gasteiger partial charge in [-0.1, -0.05) is 41.6 Å². The molecule has 0 aromatic carbocycles. The molecule has 0 unspecified atom stereocenters. The van der Waals surface area contributed by atoms with Crippen LogP contribution in [0.3, 0.4) is 0 Å². The number of hydrogen-bond donors (Lipinski definition) is 0. The second-order valence-corrected chi connectivity index (χ2v) is 5.57. The highest BCUT2D eigenvalue weighted by Gasteiger charge is 2.31. The molecule has 1 rings (SSSR count). The standard InChI is InChI=1S/C13H20BrN3/c14-11-13(5-3-1-2-4-6-13)12-17(9-7-15)10-8-16/h1-6,9-12H2. The Morgan fingerprint density at radius 2 is 1.53 bits per heavy atom. The largest absolute Gasteiger partial charge is 0.277 e. The number of nitrogens with zero attached hydrogens (tertiary/aromatic N) is 3. The van der Waals surface area contributed by atoms with E-state index < -0.39 is 0 Å². The Morgan fingerprint density at radius 3 is 1.94 bits per heavy atom. The average Bonchev–Trinajstić information content (AvgIpc) is 2.56. The maximum atomic E-state index is 8.79. The summed E-state index contributed by atoms with van der Waals surface area (Å²) in [5.74, 6) is 0. The van der Waals surface area contributed by atoms with Crippen molar-refractivity contribution in [1.82, 2.24) is 4.90 Å². The molecule has 94 valence electrons. The number of rotatable bonds is 5. The van der Waals surface area contributed by atoms with Crippen LogP contribution in [0.5, 0.6) is 0 Å². The van der Waals surface area contributed by atoms with Gasteiger partial charge in [0.15, 0.2) is 0 Å². The van der Waals surface area contributed by atoms with Gasteiger partial charge in [-0.25, -0.2) is 0 Å². The molecule has 1 saturated carbocycles. The zero-order chi connectivity index (χ0) is 12.6. The average molecular weight is 298 g/mol. The monoisotopic (exact) mass is 297 g/mol. The van der Waals surface area contributed by atoms with Crippen LogP contribution in [0.15, 0.2) is 0 Å². The molecule has 0 aromatic heterocycles. The molecule has 4 heteroatoms. The third kappa shape index (κ3) is 4.66. The van der Waals surface area contributed by atoms with Crippen LogP contribution in [-0.2, 0) is 0 Å². The Labute approximate surface area is 113 Å². The molecule has 0 bridgehead atoms. The van der Waals surface area contributed by atoms with Crippen LogP contribution in [0.2, 0.25) is 0 Å². The van der Waals surface area contributed by atoms with Gasteiger partial charge in [0.1, 0.15) is 0 Å². The lowest BCUT2D eigenvalue weighted by atomic mass is 9.82. The minimum atomic E-state index is 0.268. The van der Waals surface area contributed by atoms with Crippen molar-refractivity contribution in [3.8, 4) is 12.1 Å². The van der Waals surface area contributed by atoms with Crippen molar-refractivity contribution in [3.05, 3.63) is 0 Å². The minimum Gasteiger partial charge on any atom is -0.277 e. The number of halogens is 1. The molecular weight excluding hydrogens is 278 g/mol. The minimum absolute atomic E-state index is 0.268. The molecular formula is C13H20BrN3. The summed E-state index contributed by atoms with van der Waals surface area (Å²) in [6, 6.07) is 4.32. The van der Waals surface area contributed by atoms with E-state index in [2.05, 4.69) is 28.1 Å². The first-order valence-electron chi connectivity index (χ1n) is 6.28. The molecule has 0 N–H and O–H groups in total. The second kappa shape index (κ2) is 7.69. The molecule has 0 heterocycles.